The number of hydrogen-bond acceptors (Lipinski definition) is 3. The van der Waals surface area contributed by atoms with Crippen LogP contribution in [0.2, 0.25) is 10.0 Å². The minimum absolute atomic E-state index is 0.274. The second kappa shape index (κ2) is 7.35. The highest BCUT2D eigenvalue weighted by Crippen LogP contribution is 2.33. The van der Waals surface area contributed by atoms with Crippen LogP contribution >= 0.6 is 23.2 Å². The average Bonchev–Trinajstić information content (AvgIpc) is 3.14. The molecule has 1 aliphatic rings. The first-order valence-electron chi connectivity index (χ1n) is 8.63. The lowest BCUT2D eigenvalue weighted by Crippen LogP contribution is -2.17. The Kier molecular flexibility index (Phi) is 5.04. The van der Waals surface area contributed by atoms with Crippen molar-refractivity contribution in [2.45, 2.75) is 25.4 Å². The monoisotopic (exact) mass is 433 g/mol. The van der Waals surface area contributed by atoms with Gasteiger partial charge >= 0.3 is 0 Å². The lowest BCUT2D eigenvalue weighted by molar-refractivity contribution is 0.102. The van der Waals surface area contributed by atoms with Gasteiger partial charge in [0.1, 0.15) is 5.82 Å². The van der Waals surface area contributed by atoms with Crippen LogP contribution in [0.1, 0.15) is 32.7 Å². The molecule has 3 aromatic rings. The molecule has 2 heterocycles. The van der Waals surface area contributed by atoms with E-state index in [0.717, 1.165) is 28.1 Å². The first kappa shape index (κ1) is 19.2. The molecule has 0 unspecified atom stereocenters. The number of nitrogens with zero attached hydrogens (tertiary/aromatic N) is 2. The van der Waals surface area contributed by atoms with E-state index >= 15 is 0 Å². The smallest absolute Gasteiger partial charge is 0.258 e. The van der Waals surface area contributed by atoms with Crippen molar-refractivity contribution in [2.24, 2.45) is 0 Å². The predicted octanol–water partition coefficient (Wildman–Crippen LogP) is 4.81. The van der Waals surface area contributed by atoms with Crippen LogP contribution in [0.3, 0.4) is 0 Å². The van der Waals surface area contributed by atoms with E-state index in [1.807, 2.05) is 26.0 Å². The van der Waals surface area contributed by atoms with Crippen molar-refractivity contribution in [3.05, 3.63) is 74.4 Å². The van der Waals surface area contributed by atoms with Crippen LogP contribution in [0.15, 0.2) is 36.4 Å². The number of benzene rings is 2. The molecule has 0 saturated heterocycles. The predicted molar refractivity (Wildman–Crippen MR) is 113 cm³/mol. The summed E-state index contributed by atoms with van der Waals surface area (Å²) < 4.78 is 13.8. The summed E-state index contributed by atoms with van der Waals surface area (Å²) in [5, 5.41) is 8.28. The van der Waals surface area contributed by atoms with Crippen molar-refractivity contribution in [1.82, 2.24) is 9.78 Å². The molecule has 8 heteroatoms. The van der Waals surface area contributed by atoms with E-state index in [4.69, 9.17) is 23.2 Å². The summed E-state index contributed by atoms with van der Waals surface area (Å²) in [4.78, 5) is 12.9. The number of fused-ring (bicyclic) bond motifs is 1. The van der Waals surface area contributed by atoms with Gasteiger partial charge in [-0.1, -0.05) is 40.9 Å². The SMILES string of the molecule is Cc1ccc(-n2nc3c(c2NC(=O)c2cc(Cl)ccc2Cl)C[S@@](=O)C3)c(C)c1. The van der Waals surface area contributed by atoms with Gasteiger partial charge in [-0.05, 0) is 43.7 Å². The molecule has 4 rings (SSSR count). The summed E-state index contributed by atoms with van der Waals surface area (Å²) in [7, 11) is -1.01. The average molecular weight is 434 g/mol. The zero-order valence-corrected chi connectivity index (χ0v) is 17.6. The van der Waals surface area contributed by atoms with Crippen LogP contribution in [0.25, 0.3) is 5.69 Å². The second-order valence-corrected chi connectivity index (χ2v) is 9.08. The Bertz CT molecular complexity index is 1140. The number of hydrogen-bond donors (Lipinski definition) is 1. The normalized spacial score (nSPS) is 15.5. The Morgan fingerprint density at radius 1 is 1.14 bits per heavy atom. The molecule has 0 saturated carbocycles. The third-order valence-electron chi connectivity index (χ3n) is 4.66. The molecule has 1 N–H and O–H groups in total. The van der Waals surface area contributed by atoms with Gasteiger partial charge in [0.15, 0.2) is 0 Å². The number of aromatic nitrogens is 2. The van der Waals surface area contributed by atoms with E-state index in [1.165, 1.54) is 6.07 Å². The molecule has 1 atom stereocenters. The lowest BCUT2D eigenvalue weighted by atomic mass is 10.1. The second-order valence-electron chi connectivity index (χ2n) is 6.78. The van der Waals surface area contributed by atoms with E-state index in [9.17, 15) is 9.00 Å². The number of rotatable bonds is 3. The maximum absolute atomic E-state index is 12.9. The summed E-state index contributed by atoms with van der Waals surface area (Å²) in [5.74, 6) is 0.875. The first-order valence-corrected chi connectivity index (χ1v) is 10.9. The molecule has 5 nitrogen and oxygen atoms in total. The number of anilines is 1. The maximum atomic E-state index is 12.9. The molecule has 0 fully saturated rings. The van der Waals surface area contributed by atoms with Gasteiger partial charge in [-0.2, -0.15) is 5.10 Å². The third kappa shape index (κ3) is 3.48. The van der Waals surface area contributed by atoms with Crippen LogP contribution in [-0.2, 0) is 22.3 Å². The minimum Gasteiger partial charge on any atom is -0.306 e. The van der Waals surface area contributed by atoms with Crippen LogP contribution in [0, 0.1) is 13.8 Å². The molecule has 1 aromatic heterocycles. The van der Waals surface area contributed by atoms with E-state index in [0.29, 0.717) is 27.4 Å². The Morgan fingerprint density at radius 3 is 2.68 bits per heavy atom. The molecule has 0 aliphatic carbocycles. The van der Waals surface area contributed by atoms with Gasteiger partial charge in [0.05, 0.1) is 33.5 Å². The van der Waals surface area contributed by atoms with Gasteiger partial charge < -0.3 is 5.32 Å². The minimum atomic E-state index is -1.01. The molecule has 2 aromatic carbocycles. The van der Waals surface area contributed by atoms with Crippen molar-refractivity contribution in [3.8, 4) is 5.69 Å². The quantitative estimate of drug-likeness (QED) is 0.644. The summed E-state index contributed by atoms with van der Waals surface area (Å²) in [6.45, 7) is 4.01. The van der Waals surface area contributed by atoms with E-state index < -0.39 is 10.8 Å². The fourth-order valence-electron chi connectivity index (χ4n) is 3.32. The highest BCUT2D eigenvalue weighted by atomic mass is 35.5. The number of halogens is 2. The number of nitrogens with one attached hydrogen (secondary N) is 1. The molecule has 28 heavy (non-hydrogen) atoms. The lowest BCUT2D eigenvalue weighted by Gasteiger charge is -2.14. The van der Waals surface area contributed by atoms with Gasteiger partial charge in [-0.25, -0.2) is 4.68 Å². The Balaban J connectivity index is 1.80. The number of aryl methyl sites for hydroxylation is 2. The Labute approximate surface area is 175 Å². The van der Waals surface area contributed by atoms with Gasteiger partial charge in [-0.15, -0.1) is 0 Å². The standard InChI is InChI=1S/C20H17Cl2N3O2S/c1-11-3-6-18(12(2)7-11)25-19(15-9-28(27)10-17(15)24-25)23-20(26)14-8-13(21)4-5-16(14)22/h3-8H,9-10H2,1-2H3,(H,23,26)/t28-/m1/s1. The molecule has 144 valence electrons. The van der Waals surface area contributed by atoms with E-state index in [2.05, 4.69) is 16.5 Å². The van der Waals surface area contributed by atoms with E-state index in [-0.39, 0.29) is 11.5 Å². The van der Waals surface area contributed by atoms with Crippen molar-refractivity contribution in [3.63, 3.8) is 0 Å². The first-order chi connectivity index (χ1) is 13.3. The largest absolute Gasteiger partial charge is 0.306 e. The molecular weight excluding hydrogens is 417 g/mol. The third-order valence-corrected chi connectivity index (χ3v) is 6.43. The molecule has 0 spiro atoms. The van der Waals surface area contributed by atoms with Crippen LogP contribution in [0.4, 0.5) is 5.82 Å². The van der Waals surface area contributed by atoms with Gasteiger partial charge in [0.25, 0.3) is 5.91 Å². The summed E-state index contributed by atoms with van der Waals surface area (Å²) in [6.07, 6.45) is 0. The summed E-state index contributed by atoms with van der Waals surface area (Å²) >= 11 is 12.2. The highest BCUT2D eigenvalue weighted by molar-refractivity contribution is 7.83. The molecule has 0 bridgehead atoms. The van der Waals surface area contributed by atoms with Gasteiger partial charge in [0.2, 0.25) is 0 Å². The number of carbonyl (C=O) groups is 1. The Morgan fingerprint density at radius 2 is 1.93 bits per heavy atom. The zero-order chi connectivity index (χ0) is 20.0. The zero-order valence-electron chi connectivity index (χ0n) is 15.3. The topological polar surface area (TPSA) is 64.0 Å². The van der Waals surface area contributed by atoms with Crippen molar-refractivity contribution in [2.75, 3.05) is 5.32 Å². The van der Waals surface area contributed by atoms with Crippen LogP contribution in [-0.4, -0.2) is 19.9 Å². The molecule has 1 amide bonds. The van der Waals surface area contributed by atoms with E-state index in [1.54, 1.807) is 16.8 Å². The molecule has 1 aliphatic heterocycles. The van der Waals surface area contributed by atoms with Crippen molar-refractivity contribution in [1.29, 1.82) is 0 Å². The number of amides is 1. The molecule has 0 radical (unpaired) electrons. The number of carbonyl (C=O) groups excluding carboxylic acids is 1. The van der Waals surface area contributed by atoms with Crippen molar-refractivity contribution < 1.29 is 9.00 Å². The summed E-state index contributed by atoms with van der Waals surface area (Å²) in [5.41, 5.74) is 4.83. The maximum Gasteiger partial charge on any atom is 0.258 e. The molecular formula is C20H17Cl2N3O2S. The fraction of sp³-hybridized carbons (Fsp3) is 0.200. The van der Waals surface area contributed by atoms with Crippen LogP contribution < -0.4 is 5.32 Å². The van der Waals surface area contributed by atoms with Crippen LogP contribution in [0.5, 0.6) is 0 Å². The van der Waals surface area contributed by atoms with Gasteiger partial charge in [-0.3, -0.25) is 9.00 Å². The Hall–Kier alpha value is -2.15. The highest BCUT2D eigenvalue weighted by Gasteiger charge is 2.29. The summed E-state index contributed by atoms with van der Waals surface area (Å²) in [6, 6.07) is 10.7. The van der Waals surface area contributed by atoms with Crippen molar-refractivity contribution >= 4 is 45.7 Å². The fourth-order valence-corrected chi connectivity index (χ4v) is 4.96. The van der Waals surface area contributed by atoms with Gasteiger partial charge in [0, 0.05) is 21.4 Å².